The van der Waals surface area contributed by atoms with Crippen molar-refractivity contribution >= 4 is 11.6 Å². The van der Waals surface area contributed by atoms with E-state index in [0.29, 0.717) is 12.8 Å². The van der Waals surface area contributed by atoms with Crippen molar-refractivity contribution in [3.8, 4) is 5.75 Å². The van der Waals surface area contributed by atoms with Crippen molar-refractivity contribution in [2.45, 2.75) is 91.9 Å². The van der Waals surface area contributed by atoms with E-state index in [9.17, 15) is 9.59 Å². The number of benzene rings is 1. The van der Waals surface area contributed by atoms with Gasteiger partial charge < -0.3 is 10.1 Å². The standard InChI is InChI=1S/C29H39NO3/c1-6-7-8-9-14-33-20-12-10-19(11-13-20)25-26-21(15-28(2,3)17-23(26)31)30-22-16-29(4,5)18-24(32)27(22)25/h10-13,25,30H,6-9,14-18H2,1-5H3. The maximum Gasteiger partial charge on any atom is 0.162 e. The number of unbranched alkanes of at least 4 members (excludes halogenated alkanes) is 3. The molecule has 0 amide bonds. The topological polar surface area (TPSA) is 55.4 Å². The second-order valence-corrected chi connectivity index (χ2v) is 11.7. The largest absolute Gasteiger partial charge is 0.494 e. The number of dihydropyridines is 1. The third-order valence-electron chi connectivity index (χ3n) is 7.20. The van der Waals surface area contributed by atoms with E-state index in [1.54, 1.807) is 0 Å². The Kier molecular flexibility index (Phi) is 6.57. The van der Waals surface area contributed by atoms with Crippen LogP contribution in [0.5, 0.6) is 5.75 Å². The number of rotatable bonds is 7. The van der Waals surface area contributed by atoms with Gasteiger partial charge in [-0.15, -0.1) is 0 Å². The molecule has 0 spiro atoms. The fraction of sp³-hybridized carbons (Fsp3) is 0.586. The first kappa shape index (κ1) is 23.8. The normalized spacial score (nSPS) is 22.1. The zero-order valence-electron chi connectivity index (χ0n) is 21.0. The molecule has 4 heteroatoms. The first-order valence-corrected chi connectivity index (χ1v) is 12.6. The number of Topliss-reactive ketones (excluding diaryl/α,β-unsaturated/α-hetero) is 2. The minimum atomic E-state index is -0.276. The molecule has 4 nitrogen and oxygen atoms in total. The Bertz CT molecular complexity index is 942. The second-order valence-electron chi connectivity index (χ2n) is 11.7. The molecule has 1 aliphatic heterocycles. The van der Waals surface area contributed by atoms with Crippen molar-refractivity contribution in [3.05, 3.63) is 52.4 Å². The molecule has 4 rings (SSSR count). The summed E-state index contributed by atoms with van der Waals surface area (Å²) in [5, 5.41) is 3.58. The number of hydrogen-bond acceptors (Lipinski definition) is 4. The van der Waals surface area contributed by atoms with E-state index in [1.165, 1.54) is 19.3 Å². The van der Waals surface area contributed by atoms with E-state index in [-0.39, 0.29) is 28.3 Å². The molecule has 1 aromatic carbocycles. The molecule has 0 atom stereocenters. The maximum atomic E-state index is 13.4. The summed E-state index contributed by atoms with van der Waals surface area (Å²) in [6, 6.07) is 8.08. The van der Waals surface area contributed by atoms with Crippen molar-refractivity contribution in [2.75, 3.05) is 6.61 Å². The minimum absolute atomic E-state index is 0.0742. The van der Waals surface area contributed by atoms with Crippen molar-refractivity contribution < 1.29 is 14.3 Å². The van der Waals surface area contributed by atoms with Gasteiger partial charge in [-0.05, 0) is 47.8 Å². The van der Waals surface area contributed by atoms with E-state index >= 15 is 0 Å². The van der Waals surface area contributed by atoms with Gasteiger partial charge in [-0.25, -0.2) is 0 Å². The molecule has 1 heterocycles. The molecule has 2 aliphatic carbocycles. The summed E-state index contributed by atoms with van der Waals surface area (Å²) in [6.45, 7) is 11.5. The van der Waals surface area contributed by atoms with Crippen molar-refractivity contribution in [3.63, 3.8) is 0 Å². The van der Waals surface area contributed by atoms with E-state index in [2.05, 4.69) is 39.9 Å². The average Bonchev–Trinajstić information content (AvgIpc) is 2.71. The Balaban J connectivity index is 1.66. The molecule has 0 fully saturated rings. The van der Waals surface area contributed by atoms with Crippen LogP contribution in [0.4, 0.5) is 0 Å². The van der Waals surface area contributed by atoms with E-state index in [0.717, 1.165) is 59.7 Å². The lowest BCUT2D eigenvalue weighted by Gasteiger charge is -2.44. The van der Waals surface area contributed by atoms with Crippen LogP contribution < -0.4 is 10.1 Å². The van der Waals surface area contributed by atoms with Gasteiger partial charge in [-0.2, -0.15) is 0 Å². The van der Waals surface area contributed by atoms with Gasteiger partial charge >= 0.3 is 0 Å². The monoisotopic (exact) mass is 449 g/mol. The summed E-state index contributed by atoms with van der Waals surface area (Å²) in [7, 11) is 0. The molecule has 0 saturated heterocycles. The number of allylic oxidation sites excluding steroid dienone is 4. The van der Waals surface area contributed by atoms with Crippen LogP contribution in [0, 0.1) is 10.8 Å². The number of nitrogens with one attached hydrogen (secondary N) is 1. The number of ether oxygens (including phenoxy) is 1. The molecule has 0 unspecified atom stereocenters. The van der Waals surface area contributed by atoms with Crippen LogP contribution >= 0.6 is 0 Å². The van der Waals surface area contributed by atoms with Gasteiger partial charge in [-0.1, -0.05) is 66.0 Å². The Hall–Kier alpha value is -2.36. The first-order chi connectivity index (χ1) is 15.6. The van der Waals surface area contributed by atoms with Crippen molar-refractivity contribution in [2.24, 2.45) is 10.8 Å². The Labute approximate surface area is 198 Å². The van der Waals surface area contributed by atoms with Gasteiger partial charge in [0.25, 0.3) is 0 Å². The van der Waals surface area contributed by atoms with Gasteiger partial charge in [-0.3, -0.25) is 9.59 Å². The Morgan fingerprint density at radius 3 is 1.88 bits per heavy atom. The van der Waals surface area contributed by atoms with Crippen LogP contribution in [0.2, 0.25) is 0 Å². The summed E-state index contributed by atoms with van der Waals surface area (Å²) in [5.41, 5.74) is 4.49. The predicted octanol–water partition coefficient (Wildman–Crippen LogP) is 6.62. The molecule has 0 aromatic heterocycles. The molecular weight excluding hydrogens is 410 g/mol. The zero-order chi connectivity index (χ0) is 23.8. The van der Waals surface area contributed by atoms with Gasteiger partial charge in [0, 0.05) is 41.3 Å². The highest BCUT2D eigenvalue weighted by Crippen LogP contribution is 2.51. The predicted molar refractivity (Wildman–Crippen MR) is 132 cm³/mol. The van der Waals surface area contributed by atoms with Crippen LogP contribution in [0.15, 0.2) is 46.8 Å². The molecule has 33 heavy (non-hydrogen) atoms. The van der Waals surface area contributed by atoms with Crippen LogP contribution in [-0.2, 0) is 9.59 Å². The van der Waals surface area contributed by atoms with Crippen LogP contribution in [0.25, 0.3) is 0 Å². The van der Waals surface area contributed by atoms with Gasteiger partial charge in [0.05, 0.1) is 6.61 Å². The van der Waals surface area contributed by atoms with Gasteiger partial charge in [0.2, 0.25) is 0 Å². The molecule has 0 saturated carbocycles. The number of hydrogen-bond donors (Lipinski definition) is 1. The molecule has 0 radical (unpaired) electrons. The molecule has 3 aliphatic rings. The van der Waals surface area contributed by atoms with E-state index in [4.69, 9.17) is 4.74 Å². The minimum Gasteiger partial charge on any atom is -0.494 e. The highest BCUT2D eigenvalue weighted by atomic mass is 16.5. The number of carbonyl (C=O) groups is 2. The van der Waals surface area contributed by atoms with Crippen LogP contribution in [0.1, 0.15) is 97.5 Å². The quantitative estimate of drug-likeness (QED) is 0.475. The molecule has 0 bridgehead atoms. The van der Waals surface area contributed by atoms with E-state index < -0.39 is 0 Å². The summed E-state index contributed by atoms with van der Waals surface area (Å²) in [4.78, 5) is 26.7. The zero-order valence-corrected chi connectivity index (χ0v) is 21.0. The number of ketones is 2. The number of carbonyl (C=O) groups excluding carboxylic acids is 2. The van der Waals surface area contributed by atoms with Crippen molar-refractivity contribution in [1.29, 1.82) is 0 Å². The van der Waals surface area contributed by atoms with E-state index in [1.807, 2.05) is 24.3 Å². The lowest BCUT2D eigenvalue weighted by Crippen LogP contribution is -2.42. The van der Waals surface area contributed by atoms with Gasteiger partial charge in [0.15, 0.2) is 11.6 Å². The summed E-state index contributed by atoms with van der Waals surface area (Å²) < 4.78 is 5.93. The Morgan fingerprint density at radius 1 is 0.818 bits per heavy atom. The van der Waals surface area contributed by atoms with Crippen LogP contribution in [0.3, 0.4) is 0 Å². The molecule has 1 aromatic rings. The highest BCUT2D eigenvalue weighted by Gasteiger charge is 2.46. The van der Waals surface area contributed by atoms with Crippen LogP contribution in [-0.4, -0.2) is 18.2 Å². The lowest BCUT2D eigenvalue weighted by atomic mass is 9.64. The smallest absolute Gasteiger partial charge is 0.162 e. The first-order valence-electron chi connectivity index (χ1n) is 12.6. The third-order valence-corrected chi connectivity index (χ3v) is 7.20. The average molecular weight is 450 g/mol. The molecule has 178 valence electrons. The fourth-order valence-corrected chi connectivity index (χ4v) is 5.70. The van der Waals surface area contributed by atoms with Crippen molar-refractivity contribution in [1.82, 2.24) is 5.32 Å². The summed E-state index contributed by atoms with van der Waals surface area (Å²) in [5.74, 6) is 0.903. The van der Waals surface area contributed by atoms with Gasteiger partial charge in [0.1, 0.15) is 5.75 Å². The summed E-state index contributed by atoms with van der Waals surface area (Å²) in [6.07, 6.45) is 7.40. The second kappa shape index (κ2) is 9.12. The summed E-state index contributed by atoms with van der Waals surface area (Å²) >= 11 is 0. The fourth-order valence-electron chi connectivity index (χ4n) is 5.70. The Morgan fingerprint density at radius 2 is 1.36 bits per heavy atom. The molecular formula is C29H39NO3. The molecule has 1 N–H and O–H groups in total. The SMILES string of the molecule is CCCCCCOc1ccc(C2C3=C(CC(C)(C)CC3=O)NC3=C2C(=O)CC(C)(C)C3)cc1. The maximum absolute atomic E-state index is 13.4. The highest BCUT2D eigenvalue weighted by molar-refractivity contribution is 6.06. The third kappa shape index (κ3) is 5.10. The lowest BCUT2D eigenvalue weighted by molar-refractivity contribution is -0.119.